The number of methoxy groups -OCH3 is 1. The van der Waals surface area contributed by atoms with Crippen molar-refractivity contribution in [2.24, 2.45) is 11.8 Å². The Labute approximate surface area is 205 Å². The van der Waals surface area contributed by atoms with Gasteiger partial charge in [-0.2, -0.15) is 13.2 Å². The lowest BCUT2D eigenvalue weighted by Gasteiger charge is -2.27. The van der Waals surface area contributed by atoms with E-state index in [1.807, 2.05) is 0 Å². The summed E-state index contributed by atoms with van der Waals surface area (Å²) in [6.45, 7) is 0.591. The molecule has 2 heterocycles. The number of nitrogens with zero attached hydrogens (tertiary/aromatic N) is 2. The molecule has 35 heavy (non-hydrogen) atoms. The number of fused-ring (bicyclic) bond motifs is 1. The maximum atomic E-state index is 13.6. The molecule has 0 atom stereocenters. The third-order valence-electron chi connectivity index (χ3n) is 6.49. The fourth-order valence-corrected chi connectivity index (χ4v) is 4.71. The molecular formula is C25H25ClF3N3O3. The number of pyridine rings is 1. The van der Waals surface area contributed by atoms with Crippen LogP contribution in [0.2, 0.25) is 5.02 Å². The van der Waals surface area contributed by atoms with Gasteiger partial charge in [0.2, 0.25) is 0 Å². The topological polar surface area (TPSA) is 73.2 Å². The molecule has 0 radical (unpaired) electrons. The molecule has 186 valence electrons. The van der Waals surface area contributed by atoms with E-state index in [0.717, 1.165) is 25.0 Å². The molecule has 6 nitrogen and oxygen atoms in total. The molecule has 4 rings (SSSR count). The molecule has 1 fully saturated rings. The predicted octanol–water partition coefficient (Wildman–Crippen LogP) is 5.47. The van der Waals surface area contributed by atoms with Crippen LogP contribution in [0.3, 0.4) is 0 Å². The number of ether oxygens (including phenoxy) is 1. The molecule has 1 N–H and O–H groups in total. The van der Waals surface area contributed by atoms with Gasteiger partial charge in [-0.05, 0) is 61.9 Å². The minimum Gasteiger partial charge on any atom is -0.469 e. The molecule has 2 aromatic heterocycles. The number of esters is 1. The minimum atomic E-state index is -4.59. The summed E-state index contributed by atoms with van der Waals surface area (Å²) < 4.78 is 47.2. The van der Waals surface area contributed by atoms with Crippen LogP contribution in [0.15, 0.2) is 42.7 Å². The average Bonchev–Trinajstić information content (AvgIpc) is 3.25. The van der Waals surface area contributed by atoms with Crippen LogP contribution >= 0.6 is 11.6 Å². The number of benzene rings is 1. The molecule has 1 amide bonds. The van der Waals surface area contributed by atoms with Crippen LogP contribution in [0.1, 0.15) is 47.3 Å². The maximum absolute atomic E-state index is 13.6. The molecule has 1 aromatic carbocycles. The molecule has 10 heteroatoms. The van der Waals surface area contributed by atoms with Gasteiger partial charge in [0.25, 0.3) is 5.91 Å². The van der Waals surface area contributed by atoms with Crippen LogP contribution in [-0.4, -0.2) is 35.1 Å². The van der Waals surface area contributed by atoms with E-state index < -0.39 is 17.6 Å². The summed E-state index contributed by atoms with van der Waals surface area (Å²) in [7, 11) is 1.36. The van der Waals surface area contributed by atoms with Crippen LogP contribution < -0.4 is 5.32 Å². The second kappa shape index (κ2) is 10.3. The lowest BCUT2D eigenvalue weighted by atomic mass is 9.82. The Morgan fingerprint density at radius 1 is 1.17 bits per heavy atom. The largest absolute Gasteiger partial charge is 0.469 e. The number of aromatic nitrogens is 2. The number of carbonyl (C=O) groups excluding carboxylic acids is 2. The van der Waals surface area contributed by atoms with E-state index in [1.54, 1.807) is 29.0 Å². The number of nitrogens with one attached hydrogen (secondary N) is 1. The zero-order valence-corrected chi connectivity index (χ0v) is 19.8. The normalized spacial score (nSPS) is 18.4. The number of hydrogen-bond acceptors (Lipinski definition) is 4. The van der Waals surface area contributed by atoms with E-state index in [4.69, 9.17) is 16.3 Å². The highest BCUT2D eigenvalue weighted by Gasteiger charge is 2.33. The molecule has 1 aliphatic rings. The van der Waals surface area contributed by atoms with Gasteiger partial charge in [-0.3, -0.25) is 14.6 Å². The second-order valence-electron chi connectivity index (χ2n) is 8.82. The number of alkyl halides is 3. The van der Waals surface area contributed by atoms with Crippen molar-refractivity contribution < 1.29 is 27.5 Å². The lowest BCUT2D eigenvalue weighted by Crippen LogP contribution is -2.33. The highest BCUT2D eigenvalue weighted by atomic mass is 35.5. The molecule has 0 bridgehead atoms. The van der Waals surface area contributed by atoms with Gasteiger partial charge in [0, 0.05) is 24.3 Å². The van der Waals surface area contributed by atoms with E-state index in [2.05, 4.69) is 10.3 Å². The molecule has 0 unspecified atom stereocenters. The summed E-state index contributed by atoms with van der Waals surface area (Å²) in [6.07, 6.45) is 1.34. The number of rotatable bonds is 6. The van der Waals surface area contributed by atoms with Gasteiger partial charge >= 0.3 is 12.1 Å². The average molecular weight is 508 g/mol. The first-order valence-electron chi connectivity index (χ1n) is 11.3. The second-order valence-corrected chi connectivity index (χ2v) is 9.26. The van der Waals surface area contributed by atoms with Crippen molar-refractivity contribution in [3.05, 3.63) is 64.6 Å². The number of carbonyl (C=O) groups is 2. The Morgan fingerprint density at radius 2 is 1.91 bits per heavy atom. The summed E-state index contributed by atoms with van der Waals surface area (Å²) >= 11 is 5.89. The van der Waals surface area contributed by atoms with Gasteiger partial charge in [-0.15, -0.1) is 0 Å². The summed E-state index contributed by atoms with van der Waals surface area (Å²) in [4.78, 5) is 29.1. The van der Waals surface area contributed by atoms with Crippen molar-refractivity contribution in [1.82, 2.24) is 14.9 Å². The number of hydrogen-bond donors (Lipinski definition) is 1. The van der Waals surface area contributed by atoms with Crippen molar-refractivity contribution in [3.8, 4) is 0 Å². The summed E-state index contributed by atoms with van der Waals surface area (Å²) in [5.41, 5.74) is 0.135. The Kier molecular flexibility index (Phi) is 7.35. The Hall–Kier alpha value is -3.07. The molecule has 1 aliphatic carbocycles. The van der Waals surface area contributed by atoms with Crippen LogP contribution in [0.4, 0.5) is 13.2 Å². The number of halogens is 4. The van der Waals surface area contributed by atoms with Gasteiger partial charge in [0.15, 0.2) is 0 Å². The van der Waals surface area contributed by atoms with Crippen LogP contribution in [-0.2, 0) is 22.3 Å². The quantitative estimate of drug-likeness (QED) is 0.449. The Balaban J connectivity index is 1.57. The fourth-order valence-electron chi connectivity index (χ4n) is 4.59. The predicted molar refractivity (Wildman–Crippen MR) is 125 cm³/mol. The zero-order chi connectivity index (χ0) is 25.2. The standard InChI is InChI=1S/C25H25ClF3N3O3/c1-35-24(34)16-4-2-15(3-5-16)12-31-23(33)21-11-18(25(27,28)29)10-17-8-9-32(22(17)21)14-20-7-6-19(26)13-30-20/h6-11,13,15-16H,2-5,12,14H2,1H3,(H,31,33). The number of amides is 1. The third kappa shape index (κ3) is 5.78. The monoisotopic (exact) mass is 507 g/mol. The summed E-state index contributed by atoms with van der Waals surface area (Å²) in [6, 6.07) is 6.91. The molecule has 1 saturated carbocycles. The summed E-state index contributed by atoms with van der Waals surface area (Å²) in [5, 5.41) is 3.61. The first kappa shape index (κ1) is 25.0. The van der Waals surface area contributed by atoms with Crippen molar-refractivity contribution in [3.63, 3.8) is 0 Å². The van der Waals surface area contributed by atoms with E-state index in [0.29, 0.717) is 41.0 Å². The van der Waals surface area contributed by atoms with Crippen molar-refractivity contribution in [2.45, 2.75) is 38.4 Å². The van der Waals surface area contributed by atoms with E-state index >= 15 is 0 Å². The molecule has 0 spiro atoms. The Morgan fingerprint density at radius 3 is 2.54 bits per heavy atom. The minimum absolute atomic E-state index is 0.0444. The smallest absolute Gasteiger partial charge is 0.416 e. The molecule has 3 aromatic rings. The zero-order valence-electron chi connectivity index (χ0n) is 19.1. The van der Waals surface area contributed by atoms with Gasteiger partial charge in [-0.1, -0.05) is 11.6 Å². The fraction of sp³-hybridized carbons (Fsp3) is 0.400. The van der Waals surface area contributed by atoms with Crippen LogP contribution in [0, 0.1) is 11.8 Å². The van der Waals surface area contributed by atoms with Gasteiger partial charge in [-0.25, -0.2) is 0 Å². The highest BCUT2D eigenvalue weighted by Crippen LogP contribution is 2.34. The van der Waals surface area contributed by atoms with Crippen molar-refractivity contribution >= 4 is 34.4 Å². The maximum Gasteiger partial charge on any atom is 0.416 e. The van der Waals surface area contributed by atoms with Crippen LogP contribution in [0.25, 0.3) is 10.9 Å². The van der Waals surface area contributed by atoms with Gasteiger partial charge in [0.1, 0.15) is 0 Å². The lowest BCUT2D eigenvalue weighted by molar-refractivity contribution is -0.146. The third-order valence-corrected chi connectivity index (χ3v) is 6.71. The van der Waals surface area contributed by atoms with Crippen molar-refractivity contribution in [1.29, 1.82) is 0 Å². The Bertz CT molecular complexity index is 1220. The first-order chi connectivity index (χ1) is 16.7. The van der Waals surface area contributed by atoms with Gasteiger partial charge < -0.3 is 14.6 Å². The first-order valence-corrected chi connectivity index (χ1v) is 11.7. The van der Waals surface area contributed by atoms with E-state index in [1.165, 1.54) is 13.3 Å². The van der Waals surface area contributed by atoms with E-state index in [-0.39, 0.29) is 29.9 Å². The molecule has 0 aliphatic heterocycles. The molecular weight excluding hydrogens is 483 g/mol. The van der Waals surface area contributed by atoms with E-state index in [9.17, 15) is 22.8 Å². The molecule has 0 saturated heterocycles. The van der Waals surface area contributed by atoms with Crippen molar-refractivity contribution in [2.75, 3.05) is 13.7 Å². The highest BCUT2D eigenvalue weighted by molar-refractivity contribution is 6.30. The van der Waals surface area contributed by atoms with Gasteiger partial charge in [0.05, 0.1) is 46.9 Å². The van der Waals surface area contributed by atoms with Crippen LogP contribution in [0.5, 0.6) is 0 Å². The SMILES string of the molecule is COC(=O)C1CCC(CNC(=O)c2cc(C(F)(F)F)cc3ccn(Cc4ccc(Cl)cn4)c23)CC1. The summed E-state index contributed by atoms with van der Waals surface area (Å²) in [5.74, 6) is -0.791.